The quantitative estimate of drug-likeness (QED) is 0.904. The smallest absolute Gasteiger partial charge is 0.223 e. The normalized spacial score (nSPS) is 26.8. The van der Waals surface area contributed by atoms with Crippen molar-refractivity contribution in [2.75, 3.05) is 6.61 Å². The average Bonchev–Trinajstić information content (AvgIpc) is 2.76. The van der Waals surface area contributed by atoms with Crippen molar-refractivity contribution in [3.8, 4) is 5.88 Å². The third-order valence-corrected chi connectivity index (χ3v) is 4.76. The number of carbonyl (C=O) groups excluding carboxylic acids is 2. The summed E-state index contributed by atoms with van der Waals surface area (Å²) in [6.45, 7) is 2.87. The monoisotopic (exact) mass is 302 g/mol. The summed E-state index contributed by atoms with van der Waals surface area (Å²) in [5.74, 6) is 1.22. The van der Waals surface area contributed by atoms with Gasteiger partial charge in [0, 0.05) is 36.1 Å². The second kappa shape index (κ2) is 6.46. The number of rotatable bonds is 5. The maximum absolute atomic E-state index is 12.4. The highest BCUT2D eigenvalue weighted by atomic mass is 16.5. The second-order valence-corrected chi connectivity index (χ2v) is 6.16. The number of aromatic nitrogens is 1. The fourth-order valence-electron chi connectivity index (χ4n) is 3.64. The Hall–Kier alpha value is -1.91. The summed E-state index contributed by atoms with van der Waals surface area (Å²) < 4.78 is 5.47. The Bertz CT molecular complexity index is 557. The Morgan fingerprint density at radius 1 is 1.36 bits per heavy atom. The van der Waals surface area contributed by atoms with Gasteiger partial charge in [0.15, 0.2) is 0 Å². The van der Waals surface area contributed by atoms with Crippen molar-refractivity contribution in [1.82, 2.24) is 10.3 Å². The number of nitrogens with zero attached hydrogens (tertiary/aromatic N) is 1. The molecule has 0 aromatic carbocycles. The van der Waals surface area contributed by atoms with Crippen LogP contribution < -0.4 is 10.1 Å². The highest BCUT2D eigenvalue weighted by molar-refractivity contribution is 5.89. The first kappa shape index (κ1) is 15.0. The average molecular weight is 302 g/mol. The largest absolute Gasteiger partial charge is 0.478 e. The number of carbonyl (C=O) groups is 2. The van der Waals surface area contributed by atoms with Crippen molar-refractivity contribution < 1.29 is 14.3 Å². The maximum Gasteiger partial charge on any atom is 0.223 e. The van der Waals surface area contributed by atoms with Gasteiger partial charge < -0.3 is 10.1 Å². The molecule has 118 valence electrons. The summed E-state index contributed by atoms with van der Waals surface area (Å²) in [4.78, 5) is 28.5. The van der Waals surface area contributed by atoms with Crippen LogP contribution in [0, 0.1) is 17.8 Å². The number of ketones is 1. The zero-order chi connectivity index (χ0) is 15.5. The molecule has 2 aliphatic carbocycles. The number of amides is 1. The lowest BCUT2D eigenvalue weighted by Crippen LogP contribution is -2.37. The maximum atomic E-state index is 12.4. The van der Waals surface area contributed by atoms with E-state index in [1.165, 1.54) is 0 Å². The topological polar surface area (TPSA) is 68.3 Å². The molecule has 2 unspecified atom stereocenters. The molecule has 0 radical (unpaired) electrons. The molecule has 5 heteroatoms. The molecule has 1 aromatic heterocycles. The predicted octanol–water partition coefficient (Wildman–Crippen LogP) is 2.10. The van der Waals surface area contributed by atoms with E-state index in [1.54, 1.807) is 6.20 Å². The summed E-state index contributed by atoms with van der Waals surface area (Å²) in [7, 11) is 0. The lowest BCUT2D eigenvalue weighted by atomic mass is 9.79. The fraction of sp³-hybridized carbons (Fsp3) is 0.588. The highest BCUT2D eigenvalue weighted by Crippen LogP contribution is 2.42. The van der Waals surface area contributed by atoms with Crippen molar-refractivity contribution in [2.45, 2.75) is 39.2 Å². The van der Waals surface area contributed by atoms with Crippen LogP contribution in [0.3, 0.4) is 0 Å². The Kier molecular flexibility index (Phi) is 4.41. The van der Waals surface area contributed by atoms with Crippen molar-refractivity contribution >= 4 is 11.7 Å². The van der Waals surface area contributed by atoms with Crippen molar-refractivity contribution in [3.05, 3.63) is 23.9 Å². The molecule has 3 rings (SSSR count). The molecular weight excluding hydrogens is 280 g/mol. The summed E-state index contributed by atoms with van der Waals surface area (Å²) in [6.07, 6.45) is 5.04. The first-order chi connectivity index (χ1) is 10.7. The minimum Gasteiger partial charge on any atom is -0.478 e. The summed E-state index contributed by atoms with van der Waals surface area (Å²) >= 11 is 0. The first-order valence-corrected chi connectivity index (χ1v) is 8.07. The van der Waals surface area contributed by atoms with Crippen LogP contribution in [0.15, 0.2) is 18.3 Å². The van der Waals surface area contributed by atoms with Crippen LogP contribution in [-0.2, 0) is 16.1 Å². The number of Topliss-reactive ketones (excluding diaryl/α,β-unsaturated/α-hetero) is 1. The molecule has 2 saturated carbocycles. The van der Waals surface area contributed by atoms with Gasteiger partial charge in [0.1, 0.15) is 5.78 Å². The highest BCUT2D eigenvalue weighted by Gasteiger charge is 2.43. The van der Waals surface area contributed by atoms with Crippen LogP contribution in [0.2, 0.25) is 0 Å². The Balaban J connectivity index is 1.58. The number of hydrogen-bond donors (Lipinski definition) is 1. The molecule has 2 bridgehead atoms. The Morgan fingerprint density at radius 2 is 2.09 bits per heavy atom. The fourth-order valence-corrected chi connectivity index (χ4v) is 3.64. The van der Waals surface area contributed by atoms with Gasteiger partial charge in [0.05, 0.1) is 6.61 Å². The molecule has 1 aromatic rings. The van der Waals surface area contributed by atoms with Gasteiger partial charge in [0.25, 0.3) is 0 Å². The van der Waals surface area contributed by atoms with Crippen LogP contribution in [0.4, 0.5) is 0 Å². The number of hydrogen-bond acceptors (Lipinski definition) is 4. The van der Waals surface area contributed by atoms with E-state index < -0.39 is 0 Å². The third-order valence-electron chi connectivity index (χ3n) is 4.76. The molecule has 2 aliphatic rings. The predicted molar refractivity (Wildman–Crippen MR) is 81.2 cm³/mol. The van der Waals surface area contributed by atoms with Gasteiger partial charge in [-0.05, 0) is 38.7 Å². The molecule has 1 N–H and O–H groups in total. The van der Waals surface area contributed by atoms with Crippen molar-refractivity contribution in [3.63, 3.8) is 0 Å². The first-order valence-electron chi connectivity index (χ1n) is 8.07. The van der Waals surface area contributed by atoms with Gasteiger partial charge in [-0.3, -0.25) is 9.59 Å². The third kappa shape index (κ3) is 2.98. The Morgan fingerprint density at radius 3 is 2.77 bits per heavy atom. The van der Waals surface area contributed by atoms with E-state index in [-0.39, 0.29) is 23.7 Å². The second-order valence-electron chi connectivity index (χ2n) is 6.16. The molecule has 2 atom stereocenters. The molecule has 0 aliphatic heterocycles. The zero-order valence-corrected chi connectivity index (χ0v) is 12.9. The SMILES string of the molecule is CCOc1ncccc1CNC(=O)C1CC2CCC(C1)C2=O. The van der Waals surface area contributed by atoms with E-state index in [0.717, 1.165) is 18.4 Å². The number of nitrogens with one attached hydrogen (secondary N) is 1. The lowest BCUT2D eigenvalue weighted by Gasteiger charge is -2.25. The van der Waals surface area contributed by atoms with E-state index in [9.17, 15) is 9.59 Å². The number of ether oxygens (including phenoxy) is 1. The summed E-state index contributed by atoms with van der Waals surface area (Å²) in [5, 5.41) is 2.98. The van der Waals surface area contributed by atoms with Crippen LogP contribution in [0.5, 0.6) is 5.88 Å². The van der Waals surface area contributed by atoms with Gasteiger partial charge in [-0.15, -0.1) is 0 Å². The van der Waals surface area contributed by atoms with Crippen LogP contribution >= 0.6 is 0 Å². The van der Waals surface area contributed by atoms with Crippen LogP contribution in [0.1, 0.15) is 38.2 Å². The molecule has 22 heavy (non-hydrogen) atoms. The van der Waals surface area contributed by atoms with E-state index in [4.69, 9.17) is 4.74 Å². The van der Waals surface area contributed by atoms with Crippen LogP contribution in [-0.4, -0.2) is 23.3 Å². The minimum atomic E-state index is -0.0255. The molecule has 0 saturated heterocycles. The molecule has 1 heterocycles. The van der Waals surface area contributed by atoms with E-state index >= 15 is 0 Å². The van der Waals surface area contributed by atoms with Gasteiger partial charge in [0.2, 0.25) is 11.8 Å². The van der Waals surface area contributed by atoms with E-state index in [0.29, 0.717) is 37.7 Å². The van der Waals surface area contributed by atoms with E-state index in [1.807, 2.05) is 19.1 Å². The van der Waals surface area contributed by atoms with Crippen molar-refractivity contribution in [1.29, 1.82) is 0 Å². The van der Waals surface area contributed by atoms with Gasteiger partial charge in [-0.1, -0.05) is 6.07 Å². The molecular formula is C17H22N2O3. The minimum absolute atomic E-state index is 0.0255. The summed E-state index contributed by atoms with van der Waals surface area (Å²) in [6, 6.07) is 3.75. The van der Waals surface area contributed by atoms with Crippen molar-refractivity contribution in [2.24, 2.45) is 17.8 Å². The summed E-state index contributed by atoms with van der Waals surface area (Å²) in [5.41, 5.74) is 0.882. The molecule has 5 nitrogen and oxygen atoms in total. The van der Waals surface area contributed by atoms with Gasteiger partial charge in [-0.25, -0.2) is 4.98 Å². The number of fused-ring (bicyclic) bond motifs is 2. The molecule has 2 fully saturated rings. The van der Waals surface area contributed by atoms with Gasteiger partial charge in [-0.2, -0.15) is 0 Å². The van der Waals surface area contributed by atoms with E-state index in [2.05, 4.69) is 10.3 Å². The molecule has 1 amide bonds. The zero-order valence-electron chi connectivity index (χ0n) is 12.9. The standard InChI is InChI=1S/C17H22N2O3/c1-2-22-17-13(4-3-7-18-17)10-19-16(21)14-8-11-5-6-12(9-14)15(11)20/h3-4,7,11-12,14H,2,5-6,8-10H2,1H3,(H,19,21). The Labute approximate surface area is 130 Å². The van der Waals surface area contributed by atoms with Gasteiger partial charge >= 0.3 is 0 Å². The lowest BCUT2D eigenvalue weighted by molar-refractivity contribution is -0.132. The molecule has 0 spiro atoms. The number of pyridine rings is 1. The van der Waals surface area contributed by atoms with Crippen LogP contribution in [0.25, 0.3) is 0 Å².